The highest BCUT2D eigenvalue weighted by molar-refractivity contribution is 7.86. The summed E-state index contributed by atoms with van der Waals surface area (Å²) >= 11 is 0. The number of unbranched alkanes of at least 4 members (excludes halogenated alkanes) is 14. The van der Waals surface area contributed by atoms with Gasteiger partial charge < -0.3 is 5.11 Å². The van der Waals surface area contributed by atoms with Gasteiger partial charge in [0.1, 0.15) is 0 Å². The number of aliphatic hydroxyl groups excluding tert-OH is 1. The van der Waals surface area contributed by atoms with Crippen LogP contribution in [0.2, 0.25) is 0 Å². The fourth-order valence-corrected chi connectivity index (χ4v) is 4.89. The van der Waals surface area contributed by atoms with Gasteiger partial charge in [0.25, 0.3) is 10.1 Å². The lowest BCUT2D eigenvalue weighted by atomic mass is 10.0. The van der Waals surface area contributed by atoms with Gasteiger partial charge >= 0.3 is 0 Å². The first kappa shape index (κ1) is 28.9. The molecule has 0 radical (unpaired) electrons. The third-order valence-electron chi connectivity index (χ3n) is 6.09. The standard InChI is InChI=1S/C24H50O4S/c1-3-5-6-7-8-12-15-18-21-24(29(26,27)28)22-19-16-13-10-9-11-14-17-20-23(25)4-2/h23-25H,3-22H2,1-2H3,(H,26,27,28). The summed E-state index contributed by atoms with van der Waals surface area (Å²) in [6, 6.07) is 0. The van der Waals surface area contributed by atoms with Crippen LogP contribution in [0.1, 0.15) is 142 Å². The Labute approximate surface area is 182 Å². The second-order valence-electron chi connectivity index (χ2n) is 8.87. The van der Waals surface area contributed by atoms with E-state index in [-0.39, 0.29) is 6.10 Å². The predicted octanol–water partition coefficient (Wildman–Crippen LogP) is 7.45. The zero-order chi connectivity index (χ0) is 21.8. The number of hydrogen-bond donors (Lipinski definition) is 2. The van der Waals surface area contributed by atoms with Gasteiger partial charge in [0.2, 0.25) is 0 Å². The first-order valence-corrected chi connectivity index (χ1v) is 14.1. The second kappa shape index (κ2) is 19.8. The Balaban J connectivity index is 3.66. The van der Waals surface area contributed by atoms with Crippen LogP contribution >= 0.6 is 0 Å². The lowest BCUT2D eigenvalue weighted by Crippen LogP contribution is -2.20. The van der Waals surface area contributed by atoms with E-state index < -0.39 is 15.4 Å². The number of rotatable bonds is 22. The van der Waals surface area contributed by atoms with E-state index in [9.17, 15) is 18.1 Å². The molecule has 2 atom stereocenters. The van der Waals surface area contributed by atoms with E-state index in [0.29, 0.717) is 12.8 Å². The molecule has 0 heterocycles. The van der Waals surface area contributed by atoms with Crippen LogP contribution in [0.5, 0.6) is 0 Å². The first-order chi connectivity index (χ1) is 13.9. The van der Waals surface area contributed by atoms with E-state index in [2.05, 4.69) is 6.92 Å². The summed E-state index contributed by atoms with van der Waals surface area (Å²) in [6.45, 7) is 4.24. The highest BCUT2D eigenvalue weighted by Gasteiger charge is 2.21. The molecule has 0 spiro atoms. The number of hydrogen-bond acceptors (Lipinski definition) is 3. The molecule has 2 unspecified atom stereocenters. The van der Waals surface area contributed by atoms with E-state index in [4.69, 9.17) is 0 Å². The molecule has 2 N–H and O–H groups in total. The van der Waals surface area contributed by atoms with E-state index in [0.717, 1.165) is 51.4 Å². The van der Waals surface area contributed by atoms with Gasteiger partial charge in [-0.15, -0.1) is 0 Å². The molecule has 0 aromatic heterocycles. The minimum atomic E-state index is -3.91. The average molecular weight is 435 g/mol. The van der Waals surface area contributed by atoms with Crippen LogP contribution in [-0.4, -0.2) is 29.4 Å². The van der Waals surface area contributed by atoms with Crippen LogP contribution < -0.4 is 0 Å². The van der Waals surface area contributed by atoms with Crippen molar-refractivity contribution in [3.8, 4) is 0 Å². The summed E-state index contributed by atoms with van der Waals surface area (Å²) < 4.78 is 32.8. The molecule has 0 aliphatic carbocycles. The van der Waals surface area contributed by atoms with Gasteiger partial charge in [0.05, 0.1) is 11.4 Å². The maximum Gasteiger partial charge on any atom is 0.267 e. The molecule has 0 aliphatic rings. The van der Waals surface area contributed by atoms with Crippen LogP contribution in [0.4, 0.5) is 0 Å². The lowest BCUT2D eigenvalue weighted by molar-refractivity contribution is 0.156. The van der Waals surface area contributed by atoms with E-state index in [1.807, 2.05) is 6.92 Å². The highest BCUT2D eigenvalue weighted by atomic mass is 32.2. The fraction of sp³-hybridized carbons (Fsp3) is 1.00. The molecular formula is C24H50O4S. The molecular weight excluding hydrogens is 384 g/mol. The smallest absolute Gasteiger partial charge is 0.267 e. The van der Waals surface area contributed by atoms with Crippen LogP contribution in [-0.2, 0) is 10.1 Å². The molecule has 0 fully saturated rings. The monoisotopic (exact) mass is 434 g/mol. The van der Waals surface area contributed by atoms with E-state index in [1.54, 1.807) is 0 Å². The number of aliphatic hydroxyl groups is 1. The van der Waals surface area contributed by atoms with Crippen molar-refractivity contribution in [2.45, 2.75) is 154 Å². The normalized spacial score (nSPS) is 14.2. The van der Waals surface area contributed by atoms with E-state index >= 15 is 0 Å². The van der Waals surface area contributed by atoms with Crippen LogP contribution in [0.3, 0.4) is 0 Å². The zero-order valence-corrected chi connectivity index (χ0v) is 20.2. The minimum Gasteiger partial charge on any atom is -0.393 e. The summed E-state index contributed by atoms with van der Waals surface area (Å²) in [4.78, 5) is 0. The van der Waals surface area contributed by atoms with Gasteiger partial charge in [0, 0.05) is 0 Å². The summed E-state index contributed by atoms with van der Waals surface area (Å²) in [5.41, 5.74) is 0. The largest absolute Gasteiger partial charge is 0.393 e. The molecule has 0 aliphatic heterocycles. The molecule has 0 rings (SSSR count). The molecule has 0 saturated carbocycles. The third-order valence-corrected chi connectivity index (χ3v) is 7.40. The Morgan fingerprint density at radius 2 is 0.931 bits per heavy atom. The lowest BCUT2D eigenvalue weighted by Gasteiger charge is -2.13. The van der Waals surface area contributed by atoms with Crippen LogP contribution in [0, 0.1) is 0 Å². The topological polar surface area (TPSA) is 74.6 Å². The summed E-state index contributed by atoms with van der Waals surface area (Å²) in [6.07, 6.45) is 21.5. The Morgan fingerprint density at radius 1 is 0.586 bits per heavy atom. The molecule has 0 amide bonds. The van der Waals surface area contributed by atoms with Crippen LogP contribution in [0.15, 0.2) is 0 Å². The van der Waals surface area contributed by atoms with Gasteiger partial charge in [-0.1, -0.05) is 117 Å². The third kappa shape index (κ3) is 19.6. The second-order valence-corrected chi connectivity index (χ2v) is 10.6. The molecule has 5 heteroatoms. The van der Waals surface area contributed by atoms with Gasteiger partial charge in [-0.3, -0.25) is 4.55 Å². The van der Waals surface area contributed by atoms with Crippen LogP contribution in [0.25, 0.3) is 0 Å². The van der Waals surface area contributed by atoms with Crippen molar-refractivity contribution in [1.29, 1.82) is 0 Å². The van der Waals surface area contributed by atoms with Crippen molar-refractivity contribution in [3.05, 3.63) is 0 Å². The molecule has 4 nitrogen and oxygen atoms in total. The van der Waals surface area contributed by atoms with Crippen molar-refractivity contribution in [1.82, 2.24) is 0 Å². The van der Waals surface area contributed by atoms with Crippen molar-refractivity contribution in [2.24, 2.45) is 0 Å². The first-order valence-electron chi connectivity index (χ1n) is 12.6. The van der Waals surface area contributed by atoms with Crippen molar-refractivity contribution in [2.75, 3.05) is 0 Å². The summed E-state index contributed by atoms with van der Waals surface area (Å²) in [7, 11) is -3.91. The maximum absolute atomic E-state index is 11.6. The van der Waals surface area contributed by atoms with Crippen molar-refractivity contribution in [3.63, 3.8) is 0 Å². The SMILES string of the molecule is CCCCCCCCCCC(CCCCCCCCCCC(O)CC)S(=O)(=O)O. The Kier molecular flexibility index (Phi) is 19.7. The van der Waals surface area contributed by atoms with Crippen molar-refractivity contribution >= 4 is 10.1 Å². The Morgan fingerprint density at radius 3 is 1.28 bits per heavy atom. The van der Waals surface area contributed by atoms with Gasteiger partial charge in [-0.2, -0.15) is 8.42 Å². The zero-order valence-electron chi connectivity index (χ0n) is 19.4. The van der Waals surface area contributed by atoms with Crippen molar-refractivity contribution < 1.29 is 18.1 Å². The van der Waals surface area contributed by atoms with Gasteiger partial charge in [-0.05, 0) is 25.7 Å². The predicted molar refractivity (Wildman–Crippen MR) is 125 cm³/mol. The fourth-order valence-electron chi connectivity index (χ4n) is 3.96. The average Bonchev–Trinajstić information content (AvgIpc) is 2.68. The quantitative estimate of drug-likeness (QED) is 0.137. The molecule has 0 bridgehead atoms. The molecule has 29 heavy (non-hydrogen) atoms. The Hall–Kier alpha value is -0.130. The molecule has 0 saturated heterocycles. The van der Waals surface area contributed by atoms with Gasteiger partial charge in [0.15, 0.2) is 0 Å². The molecule has 176 valence electrons. The van der Waals surface area contributed by atoms with E-state index in [1.165, 1.54) is 64.2 Å². The maximum atomic E-state index is 11.6. The Bertz CT molecular complexity index is 436. The highest BCUT2D eigenvalue weighted by Crippen LogP contribution is 2.19. The summed E-state index contributed by atoms with van der Waals surface area (Å²) in [5.74, 6) is 0. The van der Waals surface area contributed by atoms with Gasteiger partial charge in [-0.25, -0.2) is 0 Å². The molecule has 0 aromatic rings. The summed E-state index contributed by atoms with van der Waals surface area (Å²) in [5, 5.41) is 8.96. The minimum absolute atomic E-state index is 0.128. The molecule has 0 aromatic carbocycles.